The summed E-state index contributed by atoms with van der Waals surface area (Å²) in [6.45, 7) is 0. The summed E-state index contributed by atoms with van der Waals surface area (Å²) in [5.74, 6) is -0.358. The maximum absolute atomic E-state index is 13.0. The van der Waals surface area contributed by atoms with Crippen molar-refractivity contribution >= 4 is 57.9 Å². The van der Waals surface area contributed by atoms with Gasteiger partial charge in [0.1, 0.15) is 16.5 Å². The summed E-state index contributed by atoms with van der Waals surface area (Å²) in [5, 5.41) is -0.236. The fraction of sp³-hybridized carbons (Fsp3) is 0.158. The Morgan fingerprint density at radius 3 is 1.81 bits per heavy atom. The third kappa shape index (κ3) is 3.38. The highest BCUT2D eigenvalue weighted by Crippen LogP contribution is 2.46. The molecule has 0 atom stereocenters. The van der Waals surface area contributed by atoms with E-state index in [-0.39, 0.29) is 16.3 Å². The molecule has 0 aliphatic carbocycles. The van der Waals surface area contributed by atoms with Crippen LogP contribution in [0.2, 0.25) is 0 Å². The molecule has 0 bridgehead atoms. The van der Waals surface area contributed by atoms with Gasteiger partial charge in [-0.1, -0.05) is 46.9 Å². The van der Waals surface area contributed by atoms with Crippen LogP contribution in [0.15, 0.2) is 53.6 Å². The van der Waals surface area contributed by atoms with Gasteiger partial charge in [0.05, 0.1) is 19.9 Å². The predicted molar refractivity (Wildman–Crippen MR) is 106 cm³/mol. The van der Waals surface area contributed by atoms with Crippen molar-refractivity contribution in [3.8, 4) is 11.5 Å². The van der Waals surface area contributed by atoms with E-state index in [1.807, 2.05) is 0 Å². The molecule has 27 heavy (non-hydrogen) atoms. The van der Waals surface area contributed by atoms with Crippen LogP contribution in [0.5, 0.6) is 11.5 Å². The van der Waals surface area contributed by atoms with Crippen LogP contribution in [0.1, 0.15) is 5.56 Å². The van der Waals surface area contributed by atoms with E-state index in [9.17, 15) is 9.59 Å². The quantitative estimate of drug-likeness (QED) is 0.537. The molecule has 140 valence electrons. The molecule has 3 rings (SSSR count). The average molecular weight is 427 g/mol. The minimum Gasteiger partial charge on any atom is -0.497 e. The first-order valence-electron chi connectivity index (χ1n) is 7.76. The molecule has 5 nitrogen and oxygen atoms in total. The number of benzene rings is 2. The maximum Gasteiger partial charge on any atom is 0.277 e. The molecule has 1 heterocycles. The van der Waals surface area contributed by atoms with E-state index in [1.54, 1.807) is 48.5 Å². The second kappa shape index (κ2) is 7.43. The number of methoxy groups -OCH3 is 2. The van der Waals surface area contributed by atoms with E-state index in [0.29, 0.717) is 17.1 Å². The third-order valence-electron chi connectivity index (χ3n) is 4.11. The van der Waals surface area contributed by atoms with E-state index in [1.165, 1.54) is 14.2 Å². The standard InChI is InChI=1S/C19H14Cl3NO4/c1-26-13-7-3-11(4-8-13)15-16(20)17(24)23(18(25)19(15,21)22)12-5-9-14(27-2)10-6-12/h3-10H,1-2H3. The Hall–Kier alpha value is -2.21. The summed E-state index contributed by atoms with van der Waals surface area (Å²) >= 11 is 19.1. The summed E-state index contributed by atoms with van der Waals surface area (Å²) < 4.78 is 8.14. The van der Waals surface area contributed by atoms with Crippen LogP contribution in [-0.4, -0.2) is 30.4 Å². The Bertz CT molecular complexity index is 921. The Labute approximate surface area is 171 Å². The first-order valence-corrected chi connectivity index (χ1v) is 8.90. The molecule has 0 spiro atoms. The van der Waals surface area contributed by atoms with Crippen molar-refractivity contribution in [2.45, 2.75) is 4.33 Å². The highest BCUT2D eigenvalue weighted by Gasteiger charge is 2.51. The number of amides is 2. The number of imide groups is 1. The van der Waals surface area contributed by atoms with Gasteiger partial charge in [0.25, 0.3) is 11.8 Å². The molecular formula is C19H14Cl3NO4. The Balaban J connectivity index is 2.09. The molecule has 2 amide bonds. The van der Waals surface area contributed by atoms with Crippen molar-refractivity contribution in [2.24, 2.45) is 0 Å². The topological polar surface area (TPSA) is 55.8 Å². The predicted octanol–water partition coefficient (Wildman–Crippen LogP) is 4.40. The summed E-state index contributed by atoms with van der Waals surface area (Å²) in [6, 6.07) is 12.9. The fourth-order valence-corrected chi connectivity index (χ4v) is 3.72. The molecule has 0 radical (unpaired) electrons. The van der Waals surface area contributed by atoms with E-state index in [0.717, 1.165) is 4.90 Å². The van der Waals surface area contributed by atoms with Gasteiger partial charge >= 0.3 is 0 Å². The fourth-order valence-electron chi connectivity index (χ4n) is 2.71. The number of hydrogen-bond donors (Lipinski definition) is 0. The summed E-state index contributed by atoms with van der Waals surface area (Å²) in [7, 11) is 3.03. The van der Waals surface area contributed by atoms with Crippen LogP contribution in [-0.2, 0) is 9.59 Å². The molecule has 1 aliphatic rings. The van der Waals surface area contributed by atoms with Crippen LogP contribution in [0.25, 0.3) is 5.57 Å². The van der Waals surface area contributed by atoms with Gasteiger partial charge in [0, 0.05) is 5.57 Å². The third-order valence-corrected chi connectivity index (χ3v) is 5.16. The Morgan fingerprint density at radius 1 is 0.852 bits per heavy atom. The lowest BCUT2D eigenvalue weighted by Gasteiger charge is -2.34. The zero-order valence-electron chi connectivity index (χ0n) is 14.3. The zero-order valence-corrected chi connectivity index (χ0v) is 16.6. The minimum atomic E-state index is -2.04. The molecule has 8 heteroatoms. The lowest BCUT2D eigenvalue weighted by atomic mass is 9.96. The molecule has 1 aliphatic heterocycles. The van der Waals surface area contributed by atoms with Crippen LogP contribution in [0.4, 0.5) is 5.69 Å². The van der Waals surface area contributed by atoms with Crippen molar-refractivity contribution in [1.29, 1.82) is 0 Å². The summed E-state index contributed by atoms with van der Waals surface area (Å²) in [5.41, 5.74) is 0.764. The Kier molecular flexibility index (Phi) is 5.38. The van der Waals surface area contributed by atoms with Gasteiger partial charge in [0.15, 0.2) is 0 Å². The van der Waals surface area contributed by atoms with Gasteiger partial charge in [0.2, 0.25) is 4.33 Å². The van der Waals surface area contributed by atoms with Crippen LogP contribution in [0.3, 0.4) is 0 Å². The molecule has 0 saturated carbocycles. The monoisotopic (exact) mass is 425 g/mol. The van der Waals surface area contributed by atoms with Gasteiger partial charge in [-0.2, -0.15) is 0 Å². The summed E-state index contributed by atoms with van der Waals surface area (Å²) in [6.07, 6.45) is 0. The van der Waals surface area contributed by atoms with Gasteiger partial charge < -0.3 is 9.47 Å². The van der Waals surface area contributed by atoms with E-state index in [4.69, 9.17) is 44.3 Å². The highest BCUT2D eigenvalue weighted by atomic mass is 35.5. The second-order valence-corrected chi connectivity index (χ2v) is 7.34. The molecule has 2 aromatic rings. The van der Waals surface area contributed by atoms with Crippen LogP contribution in [0, 0.1) is 0 Å². The molecule has 0 unspecified atom stereocenters. The minimum absolute atomic E-state index is 0.0370. The number of nitrogens with zero attached hydrogens (tertiary/aromatic N) is 1. The van der Waals surface area contributed by atoms with Crippen LogP contribution < -0.4 is 14.4 Å². The second-order valence-electron chi connectivity index (χ2n) is 5.64. The van der Waals surface area contributed by atoms with E-state index >= 15 is 0 Å². The number of carbonyl (C=O) groups excluding carboxylic acids is 2. The maximum atomic E-state index is 13.0. The first-order chi connectivity index (χ1) is 12.8. The van der Waals surface area contributed by atoms with Crippen LogP contribution >= 0.6 is 34.8 Å². The van der Waals surface area contributed by atoms with E-state index < -0.39 is 16.1 Å². The first kappa shape index (κ1) is 19.5. The molecule has 0 N–H and O–H groups in total. The number of ether oxygens (including phenoxy) is 2. The number of halogens is 3. The van der Waals surface area contributed by atoms with E-state index in [2.05, 4.69) is 0 Å². The largest absolute Gasteiger partial charge is 0.497 e. The molecule has 0 fully saturated rings. The van der Waals surface area contributed by atoms with Gasteiger partial charge in [-0.05, 0) is 42.0 Å². The molecular weight excluding hydrogens is 413 g/mol. The number of hydrogen-bond acceptors (Lipinski definition) is 4. The molecule has 2 aromatic carbocycles. The van der Waals surface area contributed by atoms with Crippen molar-refractivity contribution < 1.29 is 19.1 Å². The smallest absolute Gasteiger partial charge is 0.277 e. The molecule has 0 aromatic heterocycles. The highest BCUT2D eigenvalue weighted by molar-refractivity contribution is 6.70. The van der Waals surface area contributed by atoms with Crippen molar-refractivity contribution in [2.75, 3.05) is 19.1 Å². The SMILES string of the molecule is COc1ccc(C2=C(Cl)C(=O)N(c3ccc(OC)cc3)C(=O)C2(Cl)Cl)cc1. The number of anilines is 1. The number of carbonyl (C=O) groups is 2. The van der Waals surface area contributed by atoms with Crippen molar-refractivity contribution in [1.82, 2.24) is 0 Å². The Morgan fingerprint density at radius 2 is 1.33 bits per heavy atom. The van der Waals surface area contributed by atoms with Gasteiger partial charge in [-0.25, -0.2) is 4.90 Å². The van der Waals surface area contributed by atoms with Crippen molar-refractivity contribution in [3.63, 3.8) is 0 Å². The lowest BCUT2D eigenvalue weighted by Crippen LogP contribution is -2.51. The average Bonchev–Trinajstić information content (AvgIpc) is 2.68. The number of alkyl halides is 2. The van der Waals surface area contributed by atoms with Crippen molar-refractivity contribution in [3.05, 3.63) is 59.1 Å². The lowest BCUT2D eigenvalue weighted by molar-refractivity contribution is -0.124. The molecule has 0 saturated heterocycles. The van der Waals surface area contributed by atoms with Gasteiger partial charge in [-0.15, -0.1) is 0 Å². The van der Waals surface area contributed by atoms with Gasteiger partial charge in [-0.3, -0.25) is 9.59 Å². The number of rotatable bonds is 4. The zero-order chi connectivity index (χ0) is 19.8. The normalized spacial score (nSPS) is 16.6. The summed E-state index contributed by atoms with van der Waals surface area (Å²) in [4.78, 5) is 26.6.